The van der Waals surface area contributed by atoms with E-state index in [-0.39, 0.29) is 16.4 Å². The summed E-state index contributed by atoms with van der Waals surface area (Å²) in [6, 6.07) is 11.9. The Balaban J connectivity index is 2.09. The summed E-state index contributed by atoms with van der Waals surface area (Å²) >= 11 is 28.8. The Morgan fingerprint density at radius 2 is 1.79 bits per heavy atom. The lowest BCUT2D eigenvalue weighted by molar-refractivity contribution is -0.384. The van der Waals surface area contributed by atoms with Gasteiger partial charge in [-0.15, -0.1) is 0 Å². The van der Waals surface area contributed by atoms with Crippen molar-refractivity contribution in [1.29, 1.82) is 0 Å². The number of nitrogens with one attached hydrogen (secondary N) is 3. The summed E-state index contributed by atoms with van der Waals surface area (Å²) in [5.74, 6) is -0.551. The average Bonchev–Trinajstić information content (AvgIpc) is 2.60. The van der Waals surface area contributed by atoms with Crippen LogP contribution in [0.5, 0.6) is 0 Å². The van der Waals surface area contributed by atoms with Crippen molar-refractivity contribution in [1.82, 2.24) is 10.6 Å². The zero-order chi connectivity index (χ0) is 20.9. The minimum Gasteiger partial charge on any atom is -0.339 e. The third-order valence-corrected chi connectivity index (χ3v) is 4.39. The normalized spacial score (nSPS) is 12.0. The average molecular weight is 482 g/mol. The highest BCUT2D eigenvalue weighted by molar-refractivity contribution is 7.80. The molecule has 1 atom stereocenters. The Hall–Kier alpha value is -1.84. The molecule has 0 heterocycles. The van der Waals surface area contributed by atoms with E-state index in [0.717, 1.165) is 0 Å². The maximum atomic E-state index is 12.4. The molecule has 7 nitrogen and oxygen atoms in total. The first-order chi connectivity index (χ1) is 13.1. The Morgan fingerprint density at radius 1 is 1.11 bits per heavy atom. The van der Waals surface area contributed by atoms with Gasteiger partial charge >= 0.3 is 0 Å². The number of nitrogens with zero attached hydrogens (tertiary/aromatic N) is 1. The van der Waals surface area contributed by atoms with E-state index in [0.29, 0.717) is 10.7 Å². The number of carbonyl (C=O) groups excluding carboxylic acids is 1. The number of thiocarbonyl (C=S) groups is 1. The second-order valence-corrected chi connectivity index (χ2v) is 8.58. The van der Waals surface area contributed by atoms with Gasteiger partial charge in [0.05, 0.1) is 4.92 Å². The molecule has 0 bridgehead atoms. The first-order valence-corrected chi connectivity index (χ1v) is 9.43. The van der Waals surface area contributed by atoms with Crippen LogP contribution in [-0.4, -0.2) is 25.9 Å². The molecule has 0 aliphatic carbocycles. The number of nitro benzene ring substituents is 1. The summed E-state index contributed by atoms with van der Waals surface area (Å²) in [5, 5.41) is 19.1. The molecule has 0 radical (unpaired) electrons. The van der Waals surface area contributed by atoms with Crippen molar-refractivity contribution < 1.29 is 9.72 Å². The predicted molar refractivity (Wildman–Crippen MR) is 115 cm³/mol. The highest BCUT2D eigenvalue weighted by atomic mass is 35.6. The highest BCUT2D eigenvalue weighted by Gasteiger charge is 2.35. The van der Waals surface area contributed by atoms with Crippen LogP contribution in [0.15, 0.2) is 48.5 Å². The van der Waals surface area contributed by atoms with Gasteiger partial charge in [-0.3, -0.25) is 14.9 Å². The molecule has 2 aromatic carbocycles. The number of nitro groups is 1. The molecule has 0 unspecified atom stereocenters. The van der Waals surface area contributed by atoms with Crippen molar-refractivity contribution in [3.8, 4) is 0 Å². The molecule has 28 heavy (non-hydrogen) atoms. The van der Waals surface area contributed by atoms with E-state index in [9.17, 15) is 14.9 Å². The maximum Gasteiger partial charge on any atom is 0.271 e. The van der Waals surface area contributed by atoms with Crippen LogP contribution in [0.3, 0.4) is 0 Å². The van der Waals surface area contributed by atoms with Crippen molar-refractivity contribution in [3.63, 3.8) is 0 Å². The molecule has 0 fully saturated rings. The van der Waals surface area contributed by atoms with Gasteiger partial charge in [-0.05, 0) is 36.5 Å². The van der Waals surface area contributed by atoms with Crippen LogP contribution in [0.1, 0.15) is 10.4 Å². The van der Waals surface area contributed by atoms with Crippen molar-refractivity contribution in [3.05, 3.63) is 69.2 Å². The zero-order valence-electron chi connectivity index (χ0n) is 13.8. The van der Waals surface area contributed by atoms with Gasteiger partial charge < -0.3 is 16.0 Å². The molecule has 2 aromatic rings. The Bertz CT molecular complexity index is 907. The quantitative estimate of drug-likeness (QED) is 0.189. The van der Waals surface area contributed by atoms with Gasteiger partial charge in [0.15, 0.2) is 5.11 Å². The Kier molecular flexibility index (Phi) is 7.68. The third kappa shape index (κ3) is 6.65. The Labute approximate surface area is 185 Å². The number of carbonyl (C=O) groups is 1. The largest absolute Gasteiger partial charge is 0.339 e. The standard InChI is InChI=1S/C16H12Cl4N4O3S/c17-10-4-1-3-9(7-10)13(25)22-14(16(18,19)20)23-15(28)21-11-5-2-6-12(8-11)24(26)27/h1-8,14H,(H,22,25)(H2,21,23,28)/t14-/m0/s1. The van der Waals surface area contributed by atoms with E-state index < -0.39 is 20.8 Å². The lowest BCUT2D eigenvalue weighted by Crippen LogP contribution is -2.56. The van der Waals surface area contributed by atoms with E-state index in [1.54, 1.807) is 18.2 Å². The molecule has 1 amide bonds. The predicted octanol–water partition coefficient (Wildman–Crippen LogP) is 4.66. The molecule has 2 rings (SSSR count). The summed E-state index contributed by atoms with van der Waals surface area (Å²) in [4.78, 5) is 22.7. The van der Waals surface area contributed by atoms with Crippen LogP contribution < -0.4 is 16.0 Å². The van der Waals surface area contributed by atoms with Crippen LogP contribution in [0.4, 0.5) is 11.4 Å². The summed E-state index contributed by atoms with van der Waals surface area (Å²) in [5.41, 5.74) is 0.474. The molecule has 0 saturated carbocycles. The van der Waals surface area contributed by atoms with E-state index in [1.807, 2.05) is 0 Å². The highest BCUT2D eigenvalue weighted by Crippen LogP contribution is 2.29. The van der Waals surface area contributed by atoms with Crippen molar-refractivity contribution in [2.24, 2.45) is 0 Å². The smallest absolute Gasteiger partial charge is 0.271 e. The van der Waals surface area contributed by atoms with Crippen LogP contribution >= 0.6 is 58.6 Å². The number of amides is 1. The molecule has 0 aliphatic heterocycles. The van der Waals surface area contributed by atoms with Crippen molar-refractivity contribution in [2.75, 3.05) is 5.32 Å². The van der Waals surface area contributed by atoms with Crippen LogP contribution in [-0.2, 0) is 0 Å². The molecule has 148 valence electrons. The number of anilines is 1. The molecule has 3 N–H and O–H groups in total. The third-order valence-electron chi connectivity index (χ3n) is 3.28. The monoisotopic (exact) mass is 480 g/mol. The second-order valence-electron chi connectivity index (χ2n) is 5.36. The van der Waals surface area contributed by atoms with Gasteiger partial charge in [-0.2, -0.15) is 0 Å². The first-order valence-electron chi connectivity index (χ1n) is 7.51. The van der Waals surface area contributed by atoms with E-state index in [1.165, 1.54) is 30.3 Å². The summed E-state index contributed by atoms with van der Waals surface area (Å²) < 4.78 is -1.96. The number of alkyl halides is 3. The number of benzene rings is 2. The summed E-state index contributed by atoms with van der Waals surface area (Å²) in [6.07, 6.45) is -1.21. The second kappa shape index (κ2) is 9.58. The number of non-ortho nitro benzene ring substituents is 1. The van der Waals surface area contributed by atoms with E-state index in [4.69, 9.17) is 58.6 Å². The van der Waals surface area contributed by atoms with Gasteiger partial charge in [0, 0.05) is 28.4 Å². The fourth-order valence-electron chi connectivity index (χ4n) is 2.04. The maximum absolute atomic E-state index is 12.4. The first kappa shape index (κ1) is 22.4. The lowest BCUT2D eigenvalue weighted by Gasteiger charge is -2.27. The number of hydrogen-bond donors (Lipinski definition) is 3. The number of rotatable bonds is 5. The topological polar surface area (TPSA) is 96.3 Å². The fourth-order valence-corrected chi connectivity index (χ4v) is 2.79. The minimum atomic E-state index is -1.96. The SMILES string of the molecule is O=C(N[C@@H](NC(=S)Nc1cccc([N+](=O)[O-])c1)C(Cl)(Cl)Cl)c1cccc(Cl)c1. The van der Waals surface area contributed by atoms with Gasteiger partial charge in [0.25, 0.3) is 11.6 Å². The lowest BCUT2D eigenvalue weighted by atomic mass is 10.2. The molecule has 0 aliphatic rings. The molecular formula is C16H12Cl4N4O3S. The van der Waals surface area contributed by atoms with Crippen molar-refractivity contribution >= 4 is 81.0 Å². The minimum absolute atomic E-state index is 0.0248. The van der Waals surface area contributed by atoms with E-state index >= 15 is 0 Å². The summed E-state index contributed by atoms with van der Waals surface area (Å²) in [6.45, 7) is 0. The number of halogens is 4. The van der Waals surface area contributed by atoms with Gasteiger partial charge in [-0.1, -0.05) is 58.5 Å². The van der Waals surface area contributed by atoms with Gasteiger partial charge in [0.1, 0.15) is 6.17 Å². The fraction of sp³-hybridized carbons (Fsp3) is 0.125. The molecule has 0 spiro atoms. The van der Waals surface area contributed by atoms with Gasteiger partial charge in [0.2, 0.25) is 3.79 Å². The number of hydrogen-bond acceptors (Lipinski definition) is 4. The zero-order valence-corrected chi connectivity index (χ0v) is 17.6. The molecule has 12 heteroatoms. The molecule has 0 saturated heterocycles. The van der Waals surface area contributed by atoms with Crippen LogP contribution in [0.2, 0.25) is 5.02 Å². The van der Waals surface area contributed by atoms with Crippen molar-refractivity contribution in [2.45, 2.75) is 9.96 Å². The molecule has 0 aromatic heterocycles. The molecular weight excluding hydrogens is 470 g/mol. The van der Waals surface area contributed by atoms with Crippen LogP contribution in [0, 0.1) is 10.1 Å². The van der Waals surface area contributed by atoms with Crippen LogP contribution in [0.25, 0.3) is 0 Å². The summed E-state index contributed by atoms with van der Waals surface area (Å²) in [7, 11) is 0. The van der Waals surface area contributed by atoms with E-state index in [2.05, 4.69) is 16.0 Å². The van der Waals surface area contributed by atoms with Gasteiger partial charge in [-0.25, -0.2) is 0 Å². The Morgan fingerprint density at radius 3 is 2.39 bits per heavy atom.